The number of fused-ring (bicyclic) bond motifs is 1. The van der Waals surface area contributed by atoms with Crippen LogP contribution in [0.1, 0.15) is 44.6 Å². The van der Waals surface area contributed by atoms with Crippen molar-refractivity contribution < 1.29 is 4.74 Å². The minimum Gasteiger partial charge on any atom is -0.488 e. The van der Waals surface area contributed by atoms with Gasteiger partial charge in [0.2, 0.25) is 0 Å². The van der Waals surface area contributed by atoms with Crippen molar-refractivity contribution in [1.82, 2.24) is 5.32 Å². The topological polar surface area (TPSA) is 21.3 Å². The third-order valence-electron chi connectivity index (χ3n) is 4.48. The third kappa shape index (κ3) is 3.06. The average Bonchev–Trinajstić information content (AvgIpc) is 2.79. The van der Waals surface area contributed by atoms with Gasteiger partial charge < -0.3 is 10.1 Å². The van der Waals surface area contributed by atoms with E-state index in [1.54, 1.807) is 0 Å². The SMILES string of the molecule is CC1(NCC2Cc3cc(Cl)ccc3O2)CCCCC1. The first-order valence-electron chi connectivity index (χ1n) is 7.35. The molecule has 1 unspecified atom stereocenters. The van der Waals surface area contributed by atoms with E-state index in [2.05, 4.69) is 12.2 Å². The predicted molar refractivity (Wildman–Crippen MR) is 79.1 cm³/mol. The van der Waals surface area contributed by atoms with E-state index in [0.717, 1.165) is 23.7 Å². The minimum atomic E-state index is 0.257. The van der Waals surface area contributed by atoms with Gasteiger partial charge >= 0.3 is 0 Å². The molecule has 0 amide bonds. The van der Waals surface area contributed by atoms with Crippen LogP contribution in [0, 0.1) is 0 Å². The Bertz CT molecular complexity index is 454. The summed E-state index contributed by atoms with van der Waals surface area (Å²) in [6.07, 6.45) is 7.90. The van der Waals surface area contributed by atoms with Gasteiger partial charge in [0.1, 0.15) is 11.9 Å². The monoisotopic (exact) mass is 279 g/mol. The second-order valence-corrected chi connectivity index (χ2v) is 6.63. The fourth-order valence-corrected chi connectivity index (χ4v) is 3.47. The fourth-order valence-electron chi connectivity index (χ4n) is 3.27. The third-order valence-corrected chi connectivity index (χ3v) is 4.71. The van der Waals surface area contributed by atoms with Gasteiger partial charge in [0.25, 0.3) is 0 Å². The van der Waals surface area contributed by atoms with Gasteiger partial charge in [-0.2, -0.15) is 0 Å². The smallest absolute Gasteiger partial charge is 0.123 e. The molecular formula is C16H22ClNO. The highest BCUT2D eigenvalue weighted by Gasteiger charge is 2.29. The highest BCUT2D eigenvalue weighted by Crippen LogP contribution is 2.32. The molecule has 1 heterocycles. The van der Waals surface area contributed by atoms with Crippen LogP contribution in [0.4, 0.5) is 0 Å². The Morgan fingerprint density at radius 1 is 1.32 bits per heavy atom. The van der Waals surface area contributed by atoms with Crippen molar-refractivity contribution in [1.29, 1.82) is 0 Å². The zero-order valence-electron chi connectivity index (χ0n) is 11.5. The van der Waals surface area contributed by atoms with Crippen molar-refractivity contribution in [2.75, 3.05) is 6.54 Å². The summed E-state index contributed by atoms with van der Waals surface area (Å²) in [7, 11) is 0. The molecule has 0 aromatic heterocycles. The van der Waals surface area contributed by atoms with E-state index < -0.39 is 0 Å². The van der Waals surface area contributed by atoms with Gasteiger partial charge in [-0.05, 0) is 43.5 Å². The van der Waals surface area contributed by atoms with Crippen LogP contribution in [0.25, 0.3) is 0 Å². The van der Waals surface area contributed by atoms with E-state index in [0.29, 0.717) is 5.54 Å². The Hall–Kier alpha value is -0.730. The first-order valence-corrected chi connectivity index (χ1v) is 7.73. The Balaban J connectivity index is 1.55. The van der Waals surface area contributed by atoms with Crippen LogP contribution in [0.15, 0.2) is 18.2 Å². The van der Waals surface area contributed by atoms with E-state index in [9.17, 15) is 0 Å². The molecule has 1 aromatic carbocycles. The first-order chi connectivity index (χ1) is 9.15. The molecule has 1 atom stereocenters. The summed E-state index contributed by atoms with van der Waals surface area (Å²) in [5.41, 5.74) is 1.56. The molecule has 1 aliphatic carbocycles. The summed E-state index contributed by atoms with van der Waals surface area (Å²) in [5.74, 6) is 1.00. The van der Waals surface area contributed by atoms with Crippen LogP contribution in [0.2, 0.25) is 5.02 Å². The van der Waals surface area contributed by atoms with Gasteiger partial charge in [-0.15, -0.1) is 0 Å². The average molecular weight is 280 g/mol. The molecule has 0 spiro atoms. The zero-order chi connectivity index (χ0) is 13.3. The number of hydrogen-bond acceptors (Lipinski definition) is 2. The van der Waals surface area contributed by atoms with Crippen molar-refractivity contribution in [2.24, 2.45) is 0 Å². The molecule has 3 heteroatoms. The van der Waals surface area contributed by atoms with Gasteiger partial charge in [0.15, 0.2) is 0 Å². The maximum Gasteiger partial charge on any atom is 0.123 e. The lowest BCUT2D eigenvalue weighted by molar-refractivity contribution is 0.183. The van der Waals surface area contributed by atoms with E-state index in [4.69, 9.17) is 16.3 Å². The van der Waals surface area contributed by atoms with Gasteiger partial charge in [-0.1, -0.05) is 30.9 Å². The number of benzene rings is 1. The van der Waals surface area contributed by atoms with Crippen molar-refractivity contribution in [3.05, 3.63) is 28.8 Å². The highest BCUT2D eigenvalue weighted by molar-refractivity contribution is 6.30. The van der Waals surface area contributed by atoms with Gasteiger partial charge in [-0.3, -0.25) is 0 Å². The van der Waals surface area contributed by atoms with Gasteiger partial charge in [-0.25, -0.2) is 0 Å². The Labute approximate surface area is 120 Å². The van der Waals surface area contributed by atoms with E-state index in [-0.39, 0.29) is 6.10 Å². The van der Waals surface area contributed by atoms with Gasteiger partial charge in [0.05, 0.1) is 0 Å². The minimum absolute atomic E-state index is 0.257. The molecular weight excluding hydrogens is 258 g/mol. The highest BCUT2D eigenvalue weighted by atomic mass is 35.5. The van der Waals surface area contributed by atoms with Crippen molar-refractivity contribution >= 4 is 11.6 Å². The molecule has 0 radical (unpaired) electrons. The maximum absolute atomic E-state index is 6.02. The summed E-state index contributed by atoms with van der Waals surface area (Å²) in [6.45, 7) is 3.29. The molecule has 104 valence electrons. The molecule has 1 aliphatic heterocycles. The second-order valence-electron chi connectivity index (χ2n) is 6.20. The standard InChI is InChI=1S/C16H22ClNO/c1-16(7-3-2-4-8-16)18-11-14-10-12-9-13(17)5-6-15(12)19-14/h5-6,9,14,18H,2-4,7-8,10-11H2,1H3. The van der Waals surface area contributed by atoms with Crippen LogP contribution in [0.5, 0.6) is 5.75 Å². The van der Waals surface area contributed by atoms with Crippen LogP contribution in [-0.4, -0.2) is 18.2 Å². The summed E-state index contributed by atoms with van der Waals surface area (Å²) < 4.78 is 5.98. The van der Waals surface area contributed by atoms with E-state index in [1.165, 1.54) is 37.7 Å². The first kappa shape index (κ1) is 13.3. The lowest BCUT2D eigenvalue weighted by Crippen LogP contribution is -2.47. The zero-order valence-corrected chi connectivity index (χ0v) is 12.3. The fraction of sp³-hybridized carbons (Fsp3) is 0.625. The van der Waals surface area contributed by atoms with Crippen LogP contribution < -0.4 is 10.1 Å². The summed E-state index contributed by atoms with van der Waals surface area (Å²) in [5, 5.41) is 4.53. The molecule has 0 saturated heterocycles. The van der Waals surface area contributed by atoms with Crippen molar-refractivity contribution in [2.45, 2.75) is 57.1 Å². The lowest BCUT2D eigenvalue weighted by Gasteiger charge is -2.35. The number of halogens is 1. The van der Waals surface area contributed by atoms with Crippen LogP contribution in [0.3, 0.4) is 0 Å². The molecule has 19 heavy (non-hydrogen) atoms. The lowest BCUT2D eigenvalue weighted by atomic mass is 9.83. The van der Waals surface area contributed by atoms with Gasteiger partial charge in [0, 0.05) is 23.5 Å². The molecule has 2 nitrogen and oxygen atoms in total. The Morgan fingerprint density at radius 2 is 2.11 bits per heavy atom. The number of ether oxygens (including phenoxy) is 1. The molecule has 1 fully saturated rings. The Kier molecular flexibility index (Phi) is 3.72. The van der Waals surface area contributed by atoms with Crippen LogP contribution in [-0.2, 0) is 6.42 Å². The summed E-state index contributed by atoms with van der Waals surface area (Å²) >= 11 is 6.02. The van der Waals surface area contributed by atoms with Crippen molar-refractivity contribution in [3.8, 4) is 5.75 Å². The predicted octanol–water partition coefficient (Wildman–Crippen LogP) is 3.96. The maximum atomic E-state index is 6.02. The quantitative estimate of drug-likeness (QED) is 0.904. The summed E-state index contributed by atoms with van der Waals surface area (Å²) in [6, 6.07) is 5.91. The number of rotatable bonds is 3. The number of nitrogens with one attached hydrogen (secondary N) is 1. The molecule has 1 saturated carbocycles. The Morgan fingerprint density at radius 3 is 2.89 bits per heavy atom. The molecule has 0 bridgehead atoms. The normalized spacial score (nSPS) is 24.8. The number of hydrogen-bond donors (Lipinski definition) is 1. The van der Waals surface area contributed by atoms with Crippen molar-refractivity contribution in [3.63, 3.8) is 0 Å². The molecule has 2 aliphatic rings. The molecule has 1 aromatic rings. The van der Waals surface area contributed by atoms with E-state index in [1.807, 2.05) is 18.2 Å². The second kappa shape index (κ2) is 5.34. The van der Waals surface area contributed by atoms with E-state index >= 15 is 0 Å². The molecule has 1 N–H and O–H groups in total. The largest absolute Gasteiger partial charge is 0.488 e. The summed E-state index contributed by atoms with van der Waals surface area (Å²) in [4.78, 5) is 0. The molecule has 3 rings (SSSR count). The van der Waals surface area contributed by atoms with Crippen LogP contribution >= 0.6 is 11.6 Å².